The zero-order valence-corrected chi connectivity index (χ0v) is 10.7. The molecule has 1 saturated heterocycles. The molecule has 0 N–H and O–H groups in total. The van der Waals surface area contributed by atoms with Crippen LogP contribution in [0.25, 0.3) is 0 Å². The Morgan fingerprint density at radius 2 is 2.24 bits per heavy atom. The van der Waals surface area contributed by atoms with Gasteiger partial charge in [-0.15, -0.1) is 0 Å². The maximum atomic E-state index is 13.9. The molecule has 4 heteroatoms. The lowest BCUT2D eigenvalue weighted by Gasteiger charge is -2.22. The van der Waals surface area contributed by atoms with Crippen LogP contribution in [0.5, 0.6) is 0 Å². The van der Waals surface area contributed by atoms with Gasteiger partial charge in [-0.2, -0.15) is 0 Å². The van der Waals surface area contributed by atoms with E-state index in [4.69, 9.17) is 11.6 Å². The number of nitrogens with zero attached hydrogens (tertiary/aromatic N) is 1. The first kappa shape index (κ1) is 12.4. The van der Waals surface area contributed by atoms with Crippen LogP contribution in [0, 0.1) is 12.7 Å². The van der Waals surface area contributed by atoms with Crippen LogP contribution in [0.15, 0.2) is 12.1 Å². The molecule has 0 radical (unpaired) electrons. The van der Waals surface area contributed by atoms with Gasteiger partial charge < -0.3 is 4.90 Å². The summed E-state index contributed by atoms with van der Waals surface area (Å²) in [5, 5.41) is 0.389. The van der Waals surface area contributed by atoms with Crippen molar-refractivity contribution in [3.63, 3.8) is 0 Å². The maximum absolute atomic E-state index is 13.9. The van der Waals surface area contributed by atoms with Gasteiger partial charge in [0.05, 0.1) is 6.54 Å². The van der Waals surface area contributed by atoms with Crippen LogP contribution in [0.4, 0.5) is 4.39 Å². The van der Waals surface area contributed by atoms with Crippen molar-refractivity contribution in [1.29, 1.82) is 0 Å². The van der Waals surface area contributed by atoms with E-state index in [0.29, 0.717) is 22.6 Å². The van der Waals surface area contributed by atoms with Crippen molar-refractivity contribution in [3.8, 4) is 0 Å². The molecule has 0 aromatic heterocycles. The monoisotopic (exact) mass is 255 g/mol. The van der Waals surface area contributed by atoms with Gasteiger partial charge in [0, 0.05) is 23.0 Å². The second-order valence-electron chi connectivity index (χ2n) is 4.57. The Kier molecular flexibility index (Phi) is 3.38. The summed E-state index contributed by atoms with van der Waals surface area (Å²) < 4.78 is 13.9. The summed E-state index contributed by atoms with van der Waals surface area (Å²) in [6.07, 6.45) is 1.39. The van der Waals surface area contributed by atoms with Gasteiger partial charge >= 0.3 is 0 Å². The maximum Gasteiger partial charge on any atom is 0.223 e. The summed E-state index contributed by atoms with van der Waals surface area (Å²) in [4.78, 5) is 13.4. The Morgan fingerprint density at radius 1 is 1.53 bits per heavy atom. The van der Waals surface area contributed by atoms with E-state index in [1.807, 2.05) is 6.92 Å². The Labute approximate surface area is 105 Å². The first-order chi connectivity index (χ1) is 8.00. The molecule has 1 amide bonds. The molecule has 17 heavy (non-hydrogen) atoms. The molecule has 2 rings (SSSR count). The fourth-order valence-electron chi connectivity index (χ4n) is 2.15. The molecular weight excluding hydrogens is 241 g/mol. The molecule has 1 aromatic carbocycles. The van der Waals surface area contributed by atoms with Crippen LogP contribution < -0.4 is 0 Å². The molecule has 1 aliphatic heterocycles. The number of amides is 1. The lowest BCUT2D eigenvalue weighted by Crippen LogP contribution is -2.30. The van der Waals surface area contributed by atoms with E-state index in [1.165, 1.54) is 0 Å². The lowest BCUT2D eigenvalue weighted by molar-refractivity contribution is -0.129. The minimum absolute atomic E-state index is 0.0782. The van der Waals surface area contributed by atoms with E-state index >= 15 is 0 Å². The summed E-state index contributed by atoms with van der Waals surface area (Å²) in [6, 6.07) is 3.50. The summed E-state index contributed by atoms with van der Waals surface area (Å²) in [5.41, 5.74) is 0.984. The van der Waals surface area contributed by atoms with Gasteiger partial charge in [-0.3, -0.25) is 4.79 Å². The Balaban J connectivity index is 2.30. The third-order valence-electron chi connectivity index (χ3n) is 3.34. The van der Waals surface area contributed by atoms with E-state index < -0.39 is 0 Å². The van der Waals surface area contributed by atoms with Gasteiger partial charge in [0.1, 0.15) is 5.82 Å². The molecule has 0 unspecified atom stereocenters. The zero-order valence-electron chi connectivity index (χ0n) is 9.96. The van der Waals surface area contributed by atoms with E-state index in [1.54, 1.807) is 24.0 Å². The number of carbonyl (C=O) groups excluding carboxylic acids is 1. The molecule has 1 fully saturated rings. The number of carbonyl (C=O) groups is 1. The second-order valence-corrected chi connectivity index (χ2v) is 4.97. The fraction of sp³-hybridized carbons (Fsp3) is 0.462. The van der Waals surface area contributed by atoms with Crippen LogP contribution in [0.1, 0.15) is 30.9 Å². The third kappa shape index (κ3) is 2.29. The Hall–Kier alpha value is -1.09. The smallest absolute Gasteiger partial charge is 0.223 e. The highest BCUT2D eigenvalue weighted by Gasteiger charge is 2.28. The average Bonchev–Trinajstić information content (AvgIpc) is 2.60. The van der Waals surface area contributed by atoms with E-state index in [9.17, 15) is 9.18 Å². The van der Waals surface area contributed by atoms with Crippen molar-refractivity contribution in [3.05, 3.63) is 34.1 Å². The molecular formula is C13H15ClFNO. The zero-order chi connectivity index (χ0) is 12.6. The molecule has 1 atom stereocenters. The molecule has 1 heterocycles. The highest BCUT2D eigenvalue weighted by Crippen LogP contribution is 2.27. The number of benzene rings is 1. The van der Waals surface area contributed by atoms with Crippen molar-refractivity contribution in [2.24, 2.45) is 0 Å². The number of aryl methyl sites for hydroxylation is 1. The predicted octanol–water partition coefficient (Wildman–Crippen LogP) is 3.30. The summed E-state index contributed by atoms with van der Waals surface area (Å²) >= 11 is 6.00. The minimum atomic E-state index is -0.301. The predicted molar refractivity (Wildman–Crippen MR) is 65.4 cm³/mol. The van der Waals surface area contributed by atoms with Crippen LogP contribution >= 0.6 is 11.6 Å². The van der Waals surface area contributed by atoms with Crippen molar-refractivity contribution >= 4 is 17.5 Å². The number of hydrogen-bond acceptors (Lipinski definition) is 1. The number of halogens is 2. The molecule has 1 aliphatic rings. The van der Waals surface area contributed by atoms with Gasteiger partial charge in [0.2, 0.25) is 5.91 Å². The third-order valence-corrected chi connectivity index (χ3v) is 3.69. The van der Waals surface area contributed by atoms with Crippen molar-refractivity contribution < 1.29 is 9.18 Å². The molecule has 92 valence electrons. The first-order valence-corrected chi connectivity index (χ1v) is 6.11. The largest absolute Gasteiger partial charge is 0.335 e. The van der Waals surface area contributed by atoms with Gasteiger partial charge in [-0.1, -0.05) is 17.7 Å². The number of rotatable bonds is 2. The molecule has 2 nitrogen and oxygen atoms in total. The second kappa shape index (κ2) is 4.65. The molecule has 1 aromatic rings. The van der Waals surface area contributed by atoms with Gasteiger partial charge in [0.15, 0.2) is 0 Å². The van der Waals surface area contributed by atoms with Crippen LogP contribution in [0.2, 0.25) is 5.02 Å². The standard InChI is InChI=1S/C13H15ClFNO/c1-8-3-5-11(14)10(13(8)15)7-16-9(2)4-6-12(16)17/h3,5,9H,4,6-7H2,1-2H3/t9-/m0/s1. The van der Waals surface area contributed by atoms with Crippen LogP contribution in [0.3, 0.4) is 0 Å². The van der Waals surface area contributed by atoms with Crippen molar-refractivity contribution in [1.82, 2.24) is 4.90 Å². The number of likely N-dealkylation sites (tertiary alicyclic amines) is 1. The molecule has 0 bridgehead atoms. The number of hydrogen-bond donors (Lipinski definition) is 0. The van der Waals surface area contributed by atoms with Crippen molar-refractivity contribution in [2.75, 3.05) is 0 Å². The van der Waals surface area contributed by atoms with E-state index in [0.717, 1.165) is 6.42 Å². The SMILES string of the molecule is Cc1ccc(Cl)c(CN2C(=O)CC[C@@H]2C)c1F. The summed E-state index contributed by atoms with van der Waals surface area (Å²) in [6.45, 7) is 3.95. The minimum Gasteiger partial charge on any atom is -0.335 e. The van der Waals surface area contributed by atoms with E-state index in [-0.39, 0.29) is 24.3 Å². The summed E-state index contributed by atoms with van der Waals surface area (Å²) in [5.74, 6) is -0.223. The van der Waals surface area contributed by atoms with E-state index in [2.05, 4.69) is 0 Å². The molecule has 0 saturated carbocycles. The van der Waals surface area contributed by atoms with Crippen molar-refractivity contribution in [2.45, 2.75) is 39.3 Å². The quantitative estimate of drug-likeness (QED) is 0.794. The highest BCUT2D eigenvalue weighted by atomic mass is 35.5. The average molecular weight is 256 g/mol. The van der Waals surface area contributed by atoms with Gasteiger partial charge in [-0.05, 0) is 31.9 Å². The Morgan fingerprint density at radius 3 is 2.82 bits per heavy atom. The normalized spacial score (nSPS) is 20.1. The highest BCUT2D eigenvalue weighted by molar-refractivity contribution is 6.31. The first-order valence-electron chi connectivity index (χ1n) is 5.73. The topological polar surface area (TPSA) is 20.3 Å². The van der Waals surface area contributed by atoms with Gasteiger partial charge in [-0.25, -0.2) is 4.39 Å². The molecule has 0 spiro atoms. The fourth-order valence-corrected chi connectivity index (χ4v) is 2.36. The Bertz CT molecular complexity index is 461. The van der Waals surface area contributed by atoms with Crippen LogP contribution in [-0.4, -0.2) is 16.8 Å². The summed E-state index contributed by atoms with van der Waals surface area (Å²) in [7, 11) is 0. The molecule has 0 aliphatic carbocycles. The van der Waals surface area contributed by atoms with Gasteiger partial charge in [0.25, 0.3) is 0 Å². The van der Waals surface area contributed by atoms with Crippen LogP contribution in [-0.2, 0) is 11.3 Å². The lowest BCUT2D eigenvalue weighted by atomic mass is 10.1.